The van der Waals surface area contributed by atoms with Crippen molar-refractivity contribution in [1.82, 2.24) is 0 Å². The fraction of sp³-hybridized carbons (Fsp3) is 0.667. The normalized spacial score (nSPS) is 10.8. The van der Waals surface area contributed by atoms with Gasteiger partial charge in [-0.1, -0.05) is 52.2 Å². The maximum absolute atomic E-state index is 3.69. The van der Waals surface area contributed by atoms with Crippen LogP contribution in [0.25, 0.3) is 0 Å². The second-order valence-electron chi connectivity index (χ2n) is 5.30. The molecule has 0 aliphatic rings. The standard InChI is InChI=1S/C18H29/c1-4-7-10-16-13-14-17(11-8-5-2)18(15-16)12-9-6-3/h13-14H,4-12H2,1-3H3. The molecule has 0 nitrogen and oxygen atoms in total. The van der Waals surface area contributed by atoms with Crippen molar-refractivity contribution in [3.8, 4) is 0 Å². The molecule has 1 radical (unpaired) electrons. The zero-order chi connectivity index (χ0) is 13.2. The highest BCUT2D eigenvalue weighted by molar-refractivity contribution is 5.31. The van der Waals surface area contributed by atoms with Crippen molar-refractivity contribution < 1.29 is 0 Å². The highest BCUT2D eigenvalue weighted by atomic mass is 14.1. The van der Waals surface area contributed by atoms with E-state index in [2.05, 4.69) is 39.0 Å². The van der Waals surface area contributed by atoms with E-state index in [4.69, 9.17) is 0 Å². The minimum Gasteiger partial charge on any atom is -0.0654 e. The first-order valence-corrected chi connectivity index (χ1v) is 7.84. The summed E-state index contributed by atoms with van der Waals surface area (Å²) in [6, 6.07) is 8.36. The number of benzene rings is 1. The first-order valence-electron chi connectivity index (χ1n) is 7.84. The van der Waals surface area contributed by atoms with Crippen molar-refractivity contribution in [2.75, 3.05) is 0 Å². The maximum atomic E-state index is 3.69. The Labute approximate surface area is 114 Å². The third-order valence-electron chi connectivity index (χ3n) is 3.56. The summed E-state index contributed by atoms with van der Waals surface area (Å²) < 4.78 is 0. The average Bonchev–Trinajstić information content (AvgIpc) is 2.41. The number of unbranched alkanes of at least 4 members (excludes halogenated alkanes) is 3. The summed E-state index contributed by atoms with van der Waals surface area (Å²) in [4.78, 5) is 0. The lowest BCUT2D eigenvalue weighted by atomic mass is 9.94. The zero-order valence-corrected chi connectivity index (χ0v) is 12.5. The number of aryl methyl sites for hydroxylation is 3. The predicted octanol–water partition coefficient (Wildman–Crippen LogP) is 5.51. The SMILES string of the molecule is CCCCc1[c]c(CCCC)c(CCCC)cc1. The first kappa shape index (κ1) is 15.3. The van der Waals surface area contributed by atoms with Crippen LogP contribution in [0.2, 0.25) is 0 Å². The summed E-state index contributed by atoms with van der Waals surface area (Å²) in [5, 5.41) is 0. The van der Waals surface area contributed by atoms with E-state index in [0.29, 0.717) is 0 Å². The second-order valence-corrected chi connectivity index (χ2v) is 5.30. The van der Waals surface area contributed by atoms with E-state index >= 15 is 0 Å². The lowest BCUT2D eigenvalue weighted by Crippen LogP contribution is -1.98. The third-order valence-corrected chi connectivity index (χ3v) is 3.56. The van der Waals surface area contributed by atoms with Crippen LogP contribution in [0.5, 0.6) is 0 Å². The largest absolute Gasteiger partial charge is 0.0654 e. The number of rotatable bonds is 9. The highest BCUT2D eigenvalue weighted by Crippen LogP contribution is 2.18. The van der Waals surface area contributed by atoms with Gasteiger partial charge in [0.15, 0.2) is 0 Å². The zero-order valence-electron chi connectivity index (χ0n) is 12.5. The molecule has 18 heavy (non-hydrogen) atoms. The molecule has 0 N–H and O–H groups in total. The van der Waals surface area contributed by atoms with Gasteiger partial charge < -0.3 is 0 Å². The van der Waals surface area contributed by atoms with Crippen LogP contribution in [-0.4, -0.2) is 0 Å². The van der Waals surface area contributed by atoms with E-state index in [1.54, 1.807) is 5.56 Å². The Bertz CT molecular complexity index is 325. The number of hydrogen-bond donors (Lipinski definition) is 0. The Hall–Kier alpha value is -0.780. The molecule has 0 unspecified atom stereocenters. The predicted molar refractivity (Wildman–Crippen MR) is 81.1 cm³/mol. The lowest BCUT2D eigenvalue weighted by molar-refractivity contribution is 0.750. The minimum absolute atomic E-state index is 1.20. The number of hydrogen-bond acceptors (Lipinski definition) is 0. The molecule has 1 rings (SSSR count). The topological polar surface area (TPSA) is 0 Å². The minimum atomic E-state index is 1.20. The molecular weight excluding hydrogens is 216 g/mol. The van der Waals surface area contributed by atoms with Gasteiger partial charge in [-0.25, -0.2) is 0 Å². The van der Waals surface area contributed by atoms with Crippen LogP contribution in [0.4, 0.5) is 0 Å². The maximum Gasteiger partial charge on any atom is -0.0111 e. The molecule has 0 bridgehead atoms. The summed E-state index contributed by atoms with van der Waals surface area (Å²) in [6.45, 7) is 6.80. The molecule has 0 amide bonds. The van der Waals surface area contributed by atoms with E-state index < -0.39 is 0 Å². The molecule has 0 aromatic heterocycles. The monoisotopic (exact) mass is 245 g/mol. The summed E-state index contributed by atoms with van der Waals surface area (Å²) in [5.41, 5.74) is 4.47. The van der Waals surface area contributed by atoms with E-state index in [1.807, 2.05) is 0 Å². The average molecular weight is 245 g/mol. The van der Waals surface area contributed by atoms with E-state index in [0.717, 1.165) is 0 Å². The van der Waals surface area contributed by atoms with Crippen molar-refractivity contribution in [2.45, 2.75) is 78.6 Å². The Kier molecular flexibility index (Phi) is 7.80. The Morgan fingerprint density at radius 1 is 0.778 bits per heavy atom. The third kappa shape index (κ3) is 5.25. The molecule has 0 aliphatic heterocycles. The molecule has 1 aromatic carbocycles. The fourth-order valence-corrected chi connectivity index (χ4v) is 2.31. The molecule has 0 heteroatoms. The van der Waals surface area contributed by atoms with Crippen LogP contribution in [0.3, 0.4) is 0 Å². The summed E-state index contributed by atoms with van der Waals surface area (Å²) >= 11 is 0. The molecule has 101 valence electrons. The molecule has 0 saturated heterocycles. The smallest absolute Gasteiger partial charge is 0.0111 e. The Morgan fingerprint density at radius 3 is 2.06 bits per heavy atom. The molecule has 0 atom stereocenters. The van der Waals surface area contributed by atoms with E-state index in [-0.39, 0.29) is 0 Å². The van der Waals surface area contributed by atoms with Gasteiger partial charge in [-0.2, -0.15) is 0 Å². The van der Waals surface area contributed by atoms with Crippen LogP contribution in [0, 0.1) is 6.07 Å². The van der Waals surface area contributed by atoms with Gasteiger partial charge in [-0.15, -0.1) is 0 Å². The summed E-state index contributed by atoms with van der Waals surface area (Å²) in [5.74, 6) is 0. The summed E-state index contributed by atoms with van der Waals surface area (Å²) in [7, 11) is 0. The van der Waals surface area contributed by atoms with Gasteiger partial charge in [0.05, 0.1) is 0 Å². The molecular formula is C18H29. The Morgan fingerprint density at radius 2 is 1.39 bits per heavy atom. The molecule has 0 spiro atoms. The van der Waals surface area contributed by atoms with Crippen LogP contribution in [-0.2, 0) is 19.3 Å². The molecule has 0 heterocycles. The van der Waals surface area contributed by atoms with Crippen LogP contribution in [0.15, 0.2) is 12.1 Å². The van der Waals surface area contributed by atoms with Crippen molar-refractivity contribution in [1.29, 1.82) is 0 Å². The van der Waals surface area contributed by atoms with Gasteiger partial charge >= 0.3 is 0 Å². The second kappa shape index (κ2) is 9.19. The van der Waals surface area contributed by atoms with Gasteiger partial charge in [-0.3, -0.25) is 0 Å². The van der Waals surface area contributed by atoms with E-state index in [1.165, 1.54) is 68.9 Å². The van der Waals surface area contributed by atoms with Crippen molar-refractivity contribution in [2.24, 2.45) is 0 Å². The lowest BCUT2D eigenvalue weighted by Gasteiger charge is -2.11. The first-order chi connectivity index (χ1) is 8.81. The van der Waals surface area contributed by atoms with Crippen LogP contribution >= 0.6 is 0 Å². The highest BCUT2D eigenvalue weighted by Gasteiger charge is 2.04. The van der Waals surface area contributed by atoms with Gasteiger partial charge in [0.25, 0.3) is 0 Å². The Balaban J connectivity index is 2.74. The van der Waals surface area contributed by atoms with Crippen molar-refractivity contribution in [3.63, 3.8) is 0 Å². The van der Waals surface area contributed by atoms with Crippen molar-refractivity contribution >= 4 is 0 Å². The molecule has 1 aromatic rings. The van der Waals surface area contributed by atoms with Gasteiger partial charge in [-0.05, 0) is 61.3 Å². The molecule has 0 aliphatic carbocycles. The van der Waals surface area contributed by atoms with Crippen LogP contribution in [0.1, 0.15) is 76.0 Å². The van der Waals surface area contributed by atoms with Crippen LogP contribution < -0.4 is 0 Å². The van der Waals surface area contributed by atoms with Gasteiger partial charge in [0.1, 0.15) is 0 Å². The molecule has 0 saturated carbocycles. The van der Waals surface area contributed by atoms with Gasteiger partial charge in [0.2, 0.25) is 0 Å². The molecule has 0 fully saturated rings. The quantitative estimate of drug-likeness (QED) is 0.538. The van der Waals surface area contributed by atoms with Gasteiger partial charge in [0, 0.05) is 0 Å². The van der Waals surface area contributed by atoms with E-state index in [9.17, 15) is 0 Å². The fourth-order valence-electron chi connectivity index (χ4n) is 2.31. The summed E-state index contributed by atoms with van der Waals surface area (Å²) in [6.07, 6.45) is 11.4. The van der Waals surface area contributed by atoms with Crippen molar-refractivity contribution in [3.05, 3.63) is 34.9 Å².